The number of sulfonamides is 1. The van der Waals surface area contributed by atoms with Crippen molar-refractivity contribution in [3.63, 3.8) is 0 Å². The van der Waals surface area contributed by atoms with Gasteiger partial charge in [-0.05, 0) is 43.2 Å². The van der Waals surface area contributed by atoms with E-state index in [1.165, 1.54) is 18.2 Å². The van der Waals surface area contributed by atoms with Gasteiger partial charge < -0.3 is 5.11 Å². The number of nitrogens with one attached hydrogen (secondary N) is 1. The Hall–Kier alpha value is -2.59. The Bertz CT molecular complexity index is 822. The van der Waals surface area contributed by atoms with Gasteiger partial charge in [-0.1, -0.05) is 6.07 Å². The fourth-order valence-corrected chi connectivity index (χ4v) is 2.85. The molecule has 7 heteroatoms. The molecule has 0 fully saturated rings. The van der Waals surface area contributed by atoms with Crippen molar-refractivity contribution in [2.75, 3.05) is 4.72 Å². The van der Waals surface area contributed by atoms with E-state index in [0.29, 0.717) is 5.56 Å². The van der Waals surface area contributed by atoms with E-state index in [2.05, 4.69) is 9.71 Å². The van der Waals surface area contributed by atoms with Gasteiger partial charge in [0.05, 0.1) is 5.69 Å². The SMILES string of the molecule is Cc1cc(C)c(O)c(NS(=O)(=O)c2ccc(C#N)nc2)c1. The summed E-state index contributed by atoms with van der Waals surface area (Å²) in [4.78, 5) is 3.64. The van der Waals surface area contributed by atoms with Crippen LogP contribution in [0.25, 0.3) is 0 Å². The number of phenolic OH excluding ortho intramolecular Hbond substituents is 1. The molecular weight excluding hydrogens is 290 g/mol. The second-order valence-electron chi connectivity index (χ2n) is 4.57. The van der Waals surface area contributed by atoms with Crippen molar-refractivity contribution < 1.29 is 13.5 Å². The molecule has 0 saturated heterocycles. The van der Waals surface area contributed by atoms with E-state index in [1.807, 2.05) is 6.07 Å². The van der Waals surface area contributed by atoms with Crippen LogP contribution in [0.1, 0.15) is 16.8 Å². The number of pyridine rings is 1. The average Bonchev–Trinajstić information content (AvgIpc) is 2.44. The second-order valence-corrected chi connectivity index (χ2v) is 6.26. The standard InChI is InChI=1S/C14H13N3O3S/c1-9-5-10(2)14(18)13(6-9)17-21(19,20)12-4-3-11(7-15)16-8-12/h3-6,8,17-18H,1-2H3. The lowest BCUT2D eigenvalue weighted by Crippen LogP contribution is -2.13. The fourth-order valence-electron chi connectivity index (χ4n) is 1.85. The van der Waals surface area contributed by atoms with Crippen molar-refractivity contribution in [2.24, 2.45) is 0 Å². The summed E-state index contributed by atoms with van der Waals surface area (Å²) in [5.74, 6) is -0.120. The molecule has 1 heterocycles. The Morgan fingerprint density at radius 1 is 1.29 bits per heavy atom. The molecular formula is C14H13N3O3S. The van der Waals surface area contributed by atoms with Crippen molar-refractivity contribution >= 4 is 15.7 Å². The number of aromatic nitrogens is 1. The summed E-state index contributed by atoms with van der Waals surface area (Å²) in [6.07, 6.45) is 1.10. The minimum atomic E-state index is -3.88. The number of anilines is 1. The lowest BCUT2D eigenvalue weighted by Gasteiger charge is -2.12. The van der Waals surface area contributed by atoms with Crippen LogP contribution in [-0.4, -0.2) is 18.5 Å². The number of hydrogen-bond acceptors (Lipinski definition) is 5. The maximum absolute atomic E-state index is 12.2. The summed E-state index contributed by atoms with van der Waals surface area (Å²) in [7, 11) is -3.88. The molecule has 1 aromatic heterocycles. The lowest BCUT2D eigenvalue weighted by atomic mass is 10.1. The molecule has 0 aliphatic rings. The quantitative estimate of drug-likeness (QED) is 0.845. The molecule has 2 aromatic rings. The van der Waals surface area contributed by atoms with Crippen molar-refractivity contribution in [3.05, 3.63) is 47.3 Å². The number of benzene rings is 1. The van der Waals surface area contributed by atoms with E-state index in [-0.39, 0.29) is 22.0 Å². The summed E-state index contributed by atoms with van der Waals surface area (Å²) in [5, 5.41) is 18.6. The van der Waals surface area contributed by atoms with Gasteiger partial charge in [-0.3, -0.25) is 4.72 Å². The number of phenols is 1. The molecule has 0 spiro atoms. The molecule has 2 rings (SSSR count). The number of aromatic hydroxyl groups is 1. The lowest BCUT2D eigenvalue weighted by molar-refractivity contribution is 0.473. The first kappa shape index (κ1) is 14.8. The Kier molecular flexibility index (Phi) is 3.82. The van der Waals surface area contributed by atoms with Gasteiger partial charge in [-0.2, -0.15) is 5.26 Å². The van der Waals surface area contributed by atoms with Crippen LogP contribution in [0.2, 0.25) is 0 Å². The van der Waals surface area contributed by atoms with Crippen LogP contribution in [0, 0.1) is 25.2 Å². The maximum atomic E-state index is 12.2. The smallest absolute Gasteiger partial charge is 0.263 e. The van der Waals surface area contributed by atoms with E-state index >= 15 is 0 Å². The third-order valence-electron chi connectivity index (χ3n) is 2.85. The third-order valence-corrected chi connectivity index (χ3v) is 4.20. The summed E-state index contributed by atoms with van der Waals surface area (Å²) in [6, 6.07) is 7.70. The van der Waals surface area contributed by atoms with E-state index in [0.717, 1.165) is 11.8 Å². The molecule has 0 aliphatic heterocycles. The van der Waals surface area contributed by atoms with Crippen LogP contribution in [-0.2, 0) is 10.0 Å². The zero-order valence-corrected chi connectivity index (χ0v) is 12.3. The van der Waals surface area contributed by atoms with Gasteiger partial charge in [0.1, 0.15) is 22.4 Å². The normalized spacial score (nSPS) is 10.9. The van der Waals surface area contributed by atoms with Gasteiger partial charge >= 0.3 is 0 Å². The van der Waals surface area contributed by atoms with E-state index < -0.39 is 10.0 Å². The van der Waals surface area contributed by atoms with Crippen molar-refractivity contribution in [1.82, 2.24) is 4.98 Å². The molecule has 0 unspecified atom stereocenters. The molecule has 6 nitrogen and oxygen atoms in total. The summed E-state index contributed by atoms with van der Waals surface area (Å²) in [6.45, 7) is 3.48. The van der Waals surface area contributed by atoms with Crippen molar-refractivity contribution in [1.29, 1.82) is 5.26 Å². The Labute approximate surface area is 122 Å². The number of hydrogen-bond donors (Lipinski definition) is 2. The summed E-state index contributed by atoms with van der Waals surface area (Å²) in [5.41, 5.74) is 1.63. The number of nitriles is 1. The van der Waals surface area contributed by atoms with Gasteiger partial charge in [0.2, 0.25) is 0 Å². The van der Waals surface area contributed by atoms with Gasteiger partial charge in [0.25, 0.3) is 10.0 Å². The van der Waals surface area contributed by atoms with Gasteiger partial charge in [0, 0.05) is 6.20 Å². The predicted molar refractivity (Wildman–Crippen MR) is 77.3 cm³/mol. The molecule has 0 radical (unpaired) electrons. The Morgan fingerprint density at radius 2 is 2.00 bits per heavy atom. The third kappa shape index (κ3) is 3.12. The van der Waals surface area contributed by atoms with E-state index in [4.69, 9.17) is 5.26 Å². The minimum absolute atomic E-state index is 0.0833. The van der Waals surface area contributed by atoms with Crippen LogP contribution in [0.3, 0.4) is 0 Å². The molecule has 0 amide bonds. The first-order chi connectivity index (χ1) is 9.83. The zero-order chi connectivity index (χ0) is 15.6. The molecule has 21 heavy (non-hydrogen) atoms. The van der Waals surface area contributed by atoms with Crippen LogP contribution in [0.4, 0.5) is 5.69 Å². The number of rotatable bonds is 3. The monoisotopic (exact) mass is 303 g/mol. The number of aryl methyl sites for hydroxylation is 2. The summed E-state index contributed by atoms with van der Waals surface area (Å²) >= 11 is 0. The van der Waals surface area contributed by atoms with Crippen LogP contribution < -0.4 is 4.72 Å². The Balaban J connectivity index is 2.40. The maximum Gasteiger partial charge on any atom is 0.263 e. The highest BCUT2D eigenvalue weighted by Gasteiger charge is 2.17. The van der Waals surface area contributed by atoms with E-state index in [1.54, 1.807) is 19.9 Å². The zero-order valence-electron chi connectivity index (χ0n) is 11.5. The molecule has 0 aliphatic carbocycles. The van der Waals surface area contributed by atoms with Crippen molar-refractivity contribution in [2.45, 2.75) is 18.7 Å². The molecule has 108 valence electrons. The number of nitrogens with zero attached hydrogens (tertiary/aromatic N) is 2. The van der Waals surface area contributed by atoms with Gasteiger partial charge in [-0.15, -0.1) is 0 Å². The minimum Gasteiger partial charge on any atom is -0.505 e. The first-order valence-electron chi connectivity index (χ1n) is 6.02. The molecule has 0 bridgehead atoms. The largest absolute Gasteiger partial charge is 0.505 e. The topological polar surface area (TPSA) is 103 Å². The molecule has 2 N–H and O–H groups in total. The first-order valence-corrected chi connectivity index (χ1v) is 7.51. The highest BCUT2D eigenvalue weighted by molar-refractivity contribution is 7.92. The average molecular weight is 303 g/mol. The summed E-state index contributed by atoms with van der Waals surface area (Å²) < 4.78 is 26.8. The fraction of sp³-hybridized carbons (Fsp3) is 0.143. The Morgan fingerprint density at radius 3 is 2.57 bits per heavy atom. The predicted octanol–water partition coefficient (Wildman–Crippen LogP) is 2.08. The van der Waals surface area contributed by atoms with E-state index in [9.17, 15) is 13.5 Å². The molecule has 1 aromatic carbocycles. The van der Waals surface area contributed by atoms with Gasteiger partial charge in [-0.25, -0.2) is 13.4 Å². The van der Waals surface area contributed by atoms with Gasteiger partial charge in [0.15, 0.2) is 0 Å². The van der Waals surface area contributed by atoms with Crippen LogP contribution >= 0.6 is 0 Å². The highest BCUT2D eigenvalue weighted by atomic mass is 32.2. The molecule has 0 saturated carbocycles. The molecule has 0 atom stereocenters. The van der Waals surface area contributed by atoms with Crippen molar-refractivity contribution in [3.8, 4) is 11.8 Å². The highest BCUT2D eigenvalue weighted by Crippen LogP contribution is 2.30. The van der Waals surface area contributed by atoms with Crippen LogP contribution in [0.5, 0.6) is 5.75 Å². The van der Waals surface area contributed by atoms with Crippen LogP contribution in [0.15, 0.2) is 35.4 Å². The second kappa shape index (κ2) is 5.42.